The van der Waals surface area contributed by atoms with E-state index in [-0.39, 0.29) is 34.6 Å². The Hall–Kier alpha value is -1.84. The van der Waals surface area contributed by atoms with Crippen molar-refractivity contribution in [1.29, 1.82) is 0 Å². The molecule has 24 heavy (non-hydrogen) atoms. The lowest BCUT2D eigenvalue weighted by molar-refractivity contribution is -0.130. The third-order valence-electron chi connectivity index (χ3n) is 6.50. The van der Waals surface area contributed by atoms with Crippen molar-refractivity contribution in [2.24, 2.45) is 22.7 Å². The average Bonchev–Trinajstić information content (AvgIpc) is 2.85. The summed E-state index contributed by atoms with van der Waals surface area (Å²) >= 11 is 0. The highest BCUT2D eigenvalue weighted by molar-refractivity contribution is 6.12. The number of aliphatic hydroxyl groups is 1. The second-order valence-electron chi connectivity index (χ2n) is 8.66. The van der Waals surface area contributed by atoms with Gasteiger partial charge in [0.2, 0.25) is 5.78 Å². The lowest BCUT2D eigenvalue weighted by atomic mass is 9.49. The molecule has 4 nitrogen and oxygen atoms in total. The summed E-state index contributed by atoms with van der Waals surface area (Å²) < 4.78 is 5.78. The van der Waals surface area contributed by atoms with Crippen LogP contribution in [0.25, 0.3) is 0 Å². The second-order valence-corrected chi connectivity index (χ2v) is 8.66. The van der Waals surface area contributed by atoms with Crippen LogP contribution in [-0.4, -0.2) is 23.3 Å². The first-order chi connectivity index (χ1) is 11.2. The molecule has 0 spiro atoms. The molecule has 1 fully saturated rings. The number of hydrogen-bond donors (Lipinski definition) is 1. The summed E-state index contributed by atoms with van der Waals surface area (Å²) in [6.45, 7) is 8.61. The summed E-state index contributed by atoms with van der Waals surface area (Å²) in [6, 6.07) is 0. The summed E-state index contributed by atoms with van der Waals surface area (Å²) in [6.07, 6.45) is 4.38. The molecule has 3 aliphatic carbocycles. The number of Topliss-reactive ketones (excluding diaryl/α,β-unsaturated/α-hetero) is 1. The minimum Gasteiger partial charge on any atom is -0.504 e. The van der Waals surface area contributed by atoms with E-state index in [9.17, 15) is 14.7 Å². The van der Waals surface area contributed by atoms with Gasteiger partial charge in [-0.3, -0.25) is 9.59 Å². The zero-order valence-corrected chi connectivity index (χ0v) is 14.7. The van der Waals surface area contributed by atoms with Gasteiger partial charge in [0.1, 0.15) is 5.76 Å². The van der Waals surface area contributed by atoms with Crippen LogP contribution in [-0.2, 0) is 14.3 Å². The molecule has 1 heterocycles. The molecule has 4 heteroatoms. The van der Waals surface area contributed by atoms with Crippen LogP contribution in [0.2, 0.25) is 0 Å². The molecule has 3 unspecified atom stereocenters. The maximum Gasteiger partial charge on any atom is 0.227 e. The molecule has 0 saturated heterocycles. The molecule has 4 aliphatic rings. The SMILES string of the molecule is CC1COC2=C1C(=O)C(O)=C1C2=CC(=O)C2C(C)(C)CCCC12C. The predicted molar refractivity (Wildman–Crippen MR) is 89.1 cm³/mol. The molecule has 0 radical (unpaired) electrons. The molecule has 0 aromatic heterocycles. The third kappa shape index (κ3) is 1.74. The summed E-state index contributed by atoms with van der Waals surface area (Å²) in [5.74, 6) is -0.140. The molecule has 1 aliphatic heterocycles. The average molecular weight is 328 g/mol. The van der Waals surface area contributed by atoms with Crippen molar-refractivity contribution in [1.82, 2.24) is 0 Å². The van der Waals surface area contributed by atoms with E-state index >= 15 is 0 Å². The van der Waals surface area contributed by atoms with Crippen LogP contribution in [0.5, 0.6) is 0 Å². The minimum atomic E-state index is -0.517. The van der Waals surface area contributed by atoms with Crippen LogP contribution in [0, 0.1) is 22.7 Å². The van der Waals surface area contributed by atoms with Gasteiger partial charge in [-0.1, -0.05) is 34.1 Å². The van der Waals surface area contributed by atoms with E-state index in [0.717, 1.165) is 19.3 Å². The summed E-state index contributed by atoms with van der Waals surface area (Å²) in [7, 11) is 0. The third-order valence-corrected chi connectivity index (χ3v) is 6.50. The number of hydrogen-bond acceptors (Lipinski definition) is 4. The normalized spacial score (nSPS) is 37.6. The van der Waals surface area contributed by atoms with Gasteiger partial charge in [0.05, 0.1) is 12.2 Å². The number of aliphatic hydroxyl groups excluding tert-OH is 1. The lowest BCUT2D eigenvalue weighted by Gasteiger charge is -2.53. The Morgan fingerprint density at radius 3 is 2.62 bits per heavy atom. The summed E-state index contributed by atoms with van der Waals surface area (Å²) in [4.78, 5) is 25.8. The molecule has 1 N–H and O–H groups in total. The first-order valence-electron chi connectivity index (χ1n) is 8.80. The van der Waals surface area contributed by atoms with E-state index in [4.69, 9.17) is 4.74 Å². The van der Waals surface area contributed by atoms with Gasteiger partial charge < -0.3 is 9.84 Å². The van der Waals surface area contributed by atoms with Crippen molar-refractivity contribution >= 4 is 11.6 Å². The van der Waals surface area contributed by atoms with E-state index in [1.54, 1.807) is 6.08 Å². The molecule has 0 aromatic rings. The van der Waals surface area contributed by atoms with Gasteiger partial charge in [0.15, 0.2) is 11.5 Å². The van der Waals surface area contributed by atoms with Crippen molar-refractivity contribution in [3.8, 4) is 0 Å². The highest BCUT2D eigenvalue weighted by Crippen LogP contribution is 2.61. The fourth-order valence-corrected chi connectivity index (χ4v) is 5.60. The van der Waals surface area contributed by atoms with Crippen molar-refractivity contribution in [2.45, 2.75) is 47.0 Å². The Morgan fingerprint density at radius 1 is 1.21 bits per heavy atom. The zero-order valence-electron chi connectivity index (χ0n) is 14.7. The number of ketones is 2. The molecule has 0 aromatic carbocycles. The number of rotatable bonds is 0. The maximum atomic E-state index is 13.0. The van der Waals surface area contributed by atoms with Gasteiger partial charge in [-0.15, -0.1) is 0 Å². The maximum absolute atomic E-state index is 13.0. The van der Waals surface area contributed by atoms with Crippen LogP contribution < -0.4 is 0 Å². The Labute approximate surface area is 142 Å². The van der Waals surface area contributed by atoms with Gasteiger partial charge in [0.25, 0.3) is 0 Å². The molecular weight excluding hydrogens is 304 g/mol. The van der Waals surface area contributed by atoms with Gasteiger partial charge in [0, 0.05) is 28.4 Å². The number of fused-ring (bicyclic) bond motifs is 4. The van der Waals surface area contributed by atoms with E-state index in [1.165, 1.54) is 0 Å². The highest BCUT2D eigenvalue weighted by atomic mass is 16.5. The van der Waals surface area contributed by atoms with E-state index in [1.807, 2.05) is 13.8 Å². The minimum absolute atomic E-state index is 0.0551. The standard InChI is InChI=1S/C20H24O4/c1-10-9-24-17-11-8-12(21)18-19(2,3)6-5-7-20(18,4)14(11)16(23)15(22)13(10)17/h8,10,18,23H,5-7,9H2,1-4H3. The Morgan fingerprint density at radius 2 is 1.92 bits per heavy atom. The first-order valence-corrected chi connectivity index (χ1v) is 8.80. The predicted octanol–water partition coefficient (Wildman–Crippen LogP) is 3.64. The van der Waals surface area contributed by atoms with Crippen molar-refractivity contribution in [3.63, 3.8) is 0 Å². The van der Waals surface area contributed by atoms with Gasteiger partial charge in [-0.05, 0) is 24.3 Å². The molecule has 128 valence electrons. The van der Waals surface area contributed by atoms with Crippen LogP contribution in [0.15, 0.2) is 34.3 Å². The smallest absolute Gasteiger partial charge is 0.227 e. The topological polar surface area (TPSA) is 63.6 Å². The molecule has 4 rings (SSSR count). The largest absolute Gasteiger partial charge is 0.504 e. The number of allylic oxidation sites excluding steroid dienone is 3. The lowest BCUT2D eigenvalue weighted by Crippen LogP contribution is -2.51. The zero-order chi connectivity index (χ0) is 17.4. The van der Waals surface area contributed by atoms with Crippen molar-refractivity contribution in [2.75, 3.05) is 6.61 Å². The fraction of sp³-hybridized carbons (Fsp3) is 0.600. The number of ether oxygens (including phenoxy) is 1. The number of carbonyl (C=O) groups excluding carboxylic acids is 2. The quantitative estimate of drug-likeness (QED) is 0.737. The van der Waals surface area contributed by atoms with Gasteiger partial charge in [-0.2, -0.15) is 0 Å². The monoisotopic (exact) mass is 328 g/mol. The molecule has 3 atom stereocenters. The Kier molecular flexibility index (Phi) is 3.02. The highest BCUT2D eigenvalue weighted by Gasteiger charge is 2.58. The van der Waals surface area contributed by atoms with Crippen LogP contribution in [0.1, 0.15) is 47.0 Å². The first kappa shape index (κ1) is 15.7. The van der Waals surface area contributed by atoms with Crippen LogP contribution in [0.3, 0.4) is 0 Å². The number of carbonyl (C=O) groups is 2. The van der Waals surface area contributed by atoms with Crippen LogP contribution >= 0.6 is 0 Å². The van der Waals surface area contributed by atoms with Gasteiger partial charge >= 0.3 is 0 Å². The molecular formula is C20H24O4. The fourth-order valence-electron chi connectivity index (χ4n) is 5.60. The van der Waals surface area contributed by atoms with E-state index in [2.05, 4.69) is 13.8 Å². The van der Waals surface area contributed by atoms with E-state index < -0.39 is 5.41 Å². The Bertz CT molecular complexity index is 765. The van der Waals surface area contributed by atoms with Crippen LogP contribution in [0.4, 0.5) is 0 Å². The molecule has 0 bridgehead atoms. The summed E-state index contributed by atoms with van der Waals surface area (Å²) in [5.41, 5.74) is 1.13. The van der Waals surface area contributed by atoms with E-state index in [0.29, 0.717) is 29.1 Å². The Balaban J connectivity index is 1.98. The molecule has 0 amide bonds. The second kappa shape index (κ2) is 4.62. The van der Waals surface area contributed by atoms with Gasteiger partial charge in [-0.25, -0.2) is 0 Å². The van der Waals surface area contributed by atoms with Crippen molar-refractivity contribution < 1.29 is 19.4 Å². The molecule has 1 saturated carbocycles. The summed E-state index contributed by atoms with van der Waals surface area (Å²) in [5, 5.41) is 10.8. The van der Waals surface area contributed by atoms with Crippen molar-refractivity contribution in [3.05, 3.63) is 34.3 Å².